The van der Waals surface area contributed by atoms with Crippen molar-refractivity contribution >= 4 is 11.6 Å². The van der Waals surface area contributed by atoms with Gasteiger partial charge in [-0.05, 0) is 61.6 Å². The molecule has 1 amide bonds. The highest BCUT2D eigenvalue weighted by molar-refractivity contribution is 6.00. The first-order valence-corrected chi connectivity index (χ1v) is 9.78. The summed E-state index contributed by atoms with van der Waals surface area (Å²) in [5, 5.41) is 25.3. The van der Waals surface area contributed by atoms with E-state index in [1.54, 1.807) is 18.2 Å². The Morgan fingerprint density at radius 1 is 1.10 bits per heavy atom. The number of rotatable bonds is 5. The smallest absolute Gasteiger partial charge is 0.253 e. The minimum Gasteiger partial charge on any atom is -0.454 e. The van der Waals surface area contributed by atoms with Gasteiger partial charge in [-0.1, -0.05) is 6.07 Å². The van der Waals surface area contributed by atoms with Crippen molar-refractivity contribution in [2.45, 2.75) is 44.4 Å². The first-order valence-electron chi connectivity index (χ1n) is 9.78. The number of nitrogens with one attached hydrogen (secondary N) is 2. The van der Waals surface area contributed by atoms with Crippen LogP contribution in [-0.2, 0) is 6.54 Å². The zero-order chi connectivity index (χ0) is 20.2. The summed E-state index contributed by atoms with van der Waals surface area (Å²) in [5.41, 5.74) is 2.47. The van der Waals surface area contributed by atoms with Gasteiger partial charge in [-0.3, -0.25) is 4.79 Å². The maximum atomic E-state index is 12.9. The lowest BCUT2D eigenvalue weighted by Crippen LogP contribution is -2.30. The van der Waals surface area contributed by atoms with Crippen molar-refractivity contribution in [1.82, 2.24) is 5.32 Å². The predicted octanol–water partition coefficient (Wildman–Crippen LogP) is 2.93. The largest absolute Gasteiger partial charge is 0.454 e. The quantitative estimate of drug-likeness (QED) is 0.722. The Balaban J connectivity index is 1.46. The molecule has 0 bridgehead atoms. The van der Waals surface area contributed by atoms with E-state index in [2.05, 4.69) is 16.7 Å². The Morgan fingerprint density at radius 2 is 1.90 bits per heavy atom. The number of carbonyl (C=O) groups excluding carboxylic acids is 1. The van der Waals surface area contributed by atoms with Gasteiger partial charge in [-0.15, -0.1) is 0 Å². The fraction of sp³-hybridized carbons (Fsp3) is 0.364. The Bertz CT molecular complexity index is 946. The summed E-state index contributed by atoms with van der Waals surface area (Å²) in [6.45, 7) is 0.542. The normalized spacial score (nSPS) is 20.0. The molecule has 0 aromatic heterocycles. The second-order valence-corrected chi connectivity index (χ2v) is 7.39. The van der Waals surface area contributed by atoms with Crippen LogP contribution in [0.4, 0.5) is 5.69 Å². The molecule has 3 N–H and O–H groups in total. The first kappa shape index (κ1) is 19.1. The number of carbonyl (C=O) groups is 1. The van der Waals surface area contributed by atoms with Gasteiger partial charge in [0.25, 0.3) is 5.91 Å². The predicted molar refractivity (Wildman–Crippen MR) is 107 cm³/mol. The molecule has 1 fully saturated rings. The highest BCUT2D eigenvalue weighted by Gasteiger charge is 2.21. The molecular formula is C22H23N3O4. The maximum Gasteiger partial charge on any atom is 0.253 e. The number of aliphatic hydroxyl groups is 1. The zero-order valence-electron chi connectivity index (χ0n) is 16.0. The van der Waals surface area contributed by atoms with Gasteiger partial charge >= 0.3 is 0 Å². The van der Waals surface area contributed by atoms with Gasteiger partial charge in [0.05, 0.1) is 23.3 Å². The van der Waals surface area contributed by atoms with Crippen LogP contribution in [0.3, 0.4) is 0 Å². The number of nitriles is 1. The van der Waals surface area contributed by atoms with E-state index in [0.717, 1.165) is 31.2 Å². The van der Waals surface area contributed by atoms with E-state index in [-0.39, 0.29) is 24.8 Å². The van der Waals surface area contributed by atoms with E-state index in [0.29, 0.717) is 34.9 Å². The van der Waals surface area contributed by atoms with Crippen LogP contribution in [0.25, 0.3) is 0 Å². The van der Waals surface area contributed by atoms with E-state index < -0.39 is 0 Å². The first-order chi connectivity index (χ1) is 14.1. The molecule has 29 heavy (non-hydrogen) atoms. The summed E-state index contributed by atoms with van der Waals surface area (Å²) in [6, 6.07) is 12.9. The van der Waals surface area contributed by atoms with Gasteiger partial charge in [0.1, 0.15) is 0 Å². The monoisotopic (exact) mass is 393 g/mol. The van der Waals surface area contributed by atoms with Crippen LogP contribution in [0.1, 0.15) is 47.2 Å². The van der Waals surface area contributed by atoms with Gasteiger partial charge < -0.3 is 25.2 Å². The number of amides is 1. The van der Waals surface area contributed by atoms with Gasteiger partial charge in [-0.2, -0.15) is 5.26 Å². The van der Waals surface area contributed by atoms with E-state index in [1.165, 1.54) is 0 Å². The van der Waals surface area contributed by atoms with Crippen molar-refractivity contribution in [3.63, 3.8) is 0 Å². The standard InChI is InChI=1S/C22H23N3O4/c23-11-14-1-7-19(25-16-3-5-17(26)6-4-16)18(9-14)22(27)24-12-15-2-8-20-21(10-15)29-13-28-20/h1-2,7-10,16-17,25-26H,3-6,12-13H2,(H,24,27)/t16-,17-. The maximum absolute atomic E-state index is 12.9. The van der Waals surface area contributed by atoms with Crippen molar-refractivity contribution in [2.24, 2.45) is 0 Å². The molecule has 7 nitrogen and oxygen atoms in total. The Morgan fingerprint density at radius 3 is 2.69 bits per heavy atom. The lowest BCUT2D eigenvalue weighted by atomic mass is 9.92. The molecule has 0 saturated heterocycles. The fourth-order valence-electron chi connectivity index (χ4n) is 3.70. The van der Waals surface area contributed by atoms with Crippen molar-refractivity contribution in [2.75, 3.05) is 12.1 Å². The molecule has 0 radical (unpaired) electrons. The lowest BCUT2D eigenvalue weighted by Gasteiger charge is -2.27. The molecule has 2 aliphatic rings. The number of ether oxygens (including phenoxy) is 2. The molecule has 150 valence electrons. The van der Waals surface area contributed by atoms with Gasteiger partial charge in [-0.25, -0.2) is 0 Å². The average molecular weight is 393 g/mol. The van der Waals surface area contributed by atoms with Gasteiger partial charge in [0.15, 0.2) is 11.5 Å². The summed E-state index contributed by atoms with van der Waals surface area (Å²) in [4.78, 5) is 12.9. The fourth-order valence-corrected chi connectivity index (χ4v) is 3.70. The van der Waals surface area contributed by atoms with Crippen molar-refractivity contribution in [3.8, 4) is 17.6 Å². The van der Waals surface area contributed by atoms with Crippen LogP contribution in [0, 0.1) is 11.3 Å². The molecule has 7 heteroatoms. The van der Waals surface area contributed by atoms with Crippen LogP contribution in [0.5, 0.6) is 11.5 Å². The summed E-state index contributed by atoms with van der Waals surface area (Å²) >= 11 is 0. The minimum atomic E-state index is -0.252. The summed E-state index contributed by atoms with van der Waals surface area (Å²) in [5.74, 6) is 1.12. The molecule has 2 aromatic rings. The van der Waals surface area contributed by atoms with E-state index in [9.17, 15) is 15.2 Å². The number of benzene rings is 2. The third-order valence-electron chi connectivity index (χ3n) is 5.34. The molecule has 0 unspecified atom stereocenters. The second-order valence-electron chi connectivity index (χ2n) is 7.39. The molecule has 1 heterocycles. The van der Waals surface area contributed by atoms with E-state index in [1.807, 2.05) is 18.2 Å². The highest BCUT2D eigenvalue weighted by atomic mass is 16.7. The highest BCUT2D eigenvalue weighted by Crippen LogP contribution is 2.32. The molecule has 1 aliphatic heterocycles. The Hall–Kier alpha value is -3.24. The van der Waals surface area contributed by atoms with E-state index >= 15 is 0 Å². The van der Waals surface area contributed by atoms with Crippen LogP contribution in [0.15, 0.2) is 36.4 Å². The minimum absolute atomic E-state index is 0.201. The molecule has 0 atom stereocenters. The number of hydrogen-bond acceptors (Lipinski definition) is 6. The summed E-state index contributed by atoms with van der Waals surface area (Å²) < 4.78 is 10.7. The topological polar surface area (TPSA) is 104 Å². The number of anilines is 1. The SMILES string of the molecule is N#Cc1ccc(N[C@H]2CC[C@H](O)CC2)c(C(=O)NCc2ccc3c(c2)OCO3)c1. The Labute approximate surface area is 169 Å². The molecular weight excluding hydrogens is 370 g/mol. The molecule has 4 rings (SSSR count). The number of fused-ring (bicyclic) bond motifs is 1. The molecule has 1 saturated carbocycles. The third-order valence-corrected chi connectivity index (χ3v) is 5.34. The number of aliphatic hydroxyl groups excluding tert-OH is 1. The van der Waals surface area contributed by atoms with Crippen LogP contribution < -0.4 is 20.1 Å². The van der Waals surface area contributed by atoms with Crippen molar-refractivity contribution < 1.29 is 19.4 Å². The van der Waals surface area contributed by atoms with Crippen LogP contribution >= 0.6 is 0 Å². The molecule has 0 spiro atoms. The van der Waals surface area contributed by atoms with Gasteiger partial charge in [0, 0.05) is 18.3 Å². The van der Waals surface area contributed by atoms with Crippen LogP contribution in [-0.4, -0.2) is 30.0 Å². The van der Waals surface area contributed by atoms with Crippen molar-refractivity contribution in [1.29, 1.82) is 5.26 Å². The second kappa shape index (κ2) is 8.41. The lowest BCUT2D eigenvalue weighted by molar-refractivity contribution is 0.0951. The summed E-state index contributed by atoms with van der Waals surface area (Å²) in [6.07, 6.45) is 2.95. The van der Waals surface area contributed by atoms with E-state index in [4.69, 9.17) is 9.47 Å². The van der Waals surface area contributed by atoms with Crippen LogP contribution in [0.2, 0.25) is 0 Å². The number of hydrogen-bond donors (Lipinski definition) is 3. The Kier molecular flexibility index (Phi) is 5.54. The number of nitrogens with zero attached hydrogens (tertiary/aromatic N) is 1. The zero-order valence-corrected chi connectivity index (χ0v) is 16.0. The van der Waals surface area contributed by atoms with Gasteiger partial charge in [0.2, 0.25) is 6.79 Å². The van der Waals surface area contributed by atoms with Crippen molar-refractivity contribution in [3.05, 3.63) is 53.1 Å². The summed E-state index contributed by atoms with van der Waals surface area (Å²) in [7, 11) is 0. The average Bonchev–Trinajstić information content (AvgIpc) is 3.22. The molecule has 2 aromatic carbocycles. The third kappa shape index (κ3) is 4.44. The molecule has 1 aliphatic carbocycles.